The molecule has 0 spiro atoms. The van der Waals surface area contributed by atoms with Gasteiger partial charge in [-0.15, -0.1) is 0 Å². The zero-order valence-electron chi connectivity index (χ0n) is 17.3. The molecule has 0 atom stereocenters. The molecule has 4 aromatic rings. The van der Waals surface area contributed by atoms with Crippen molar-refractivity contribution in [3.63, 3.8) is 0 Å². The number of carbonyl (C=O) groups excluding carboxylic acids is 1. The van der Waals surface area contributed by atoms with Crippen molar-refractivity contribution in [1.29, 1.82) is 0 Å². The first-order chi connectivity index (χ1) is 14.9. The number of fused-ring (bicyclic) bond motifs is 1. The van der Waals surface area contributed by atoms with Crippen LogP contribution < -0.4 is 15.8 Å². The number of nitrogens with zero attached hydrogens (tertiary/aromatic N) is 1. The summed E-state index contributed by atoms with van der Waals surface area (Å²) in [6.07, 6.45) is 2.30. The van der Waals surface area contributed by atoms with Crippen molar-refractivity contribution in [3.8, 4) is 5.75 Å². The smallest absolute Gasteiger partial charge is 0.252 e. The summed E-state index contributed by atoms with van der Waals surface area (Å²) in [5.41, 5.74) is 11.6. The fraction of sp³-hybridized carbons (Fsp3) is 0.120. The Balaban J connectivity index is 1.85. The van der Waals surface area contributed by atoms with Crippen LogP contribution in [0.25, 0.3) is 10.9 Å². The fourth-order valence-electron chi connectivity index (χ4n) is 3.71. The number of hydrogen-bond donors (Lipinski definition) is 2. The van der Waals surface area contributed by atoms with Crippen LogP contribution in [0.1, 0.15) is 27.0 Å². The Hall–Kier alpha value is -3.38. The standard InChI is InChI=1S/C25H22BrN3O2/c1-15-9-17(10-16-5-3-6-18(26)11-16)12-21-23(15)28-14-22(25(27)30)24(21)29-19-7-4-8-20(13-19)31-2/h3-9,11-14H,10H2,1-2H3,(H2,27,30)(H,28,29). The summed E-state index contributed by atoms with van der Waals surface area (Å²) in [7, 11) is 1.62. The molecule has 0 saturated heterocycles. The summed E-state index contributed by atoms with van der Waals surface area (Å²) < 4.78 is 6.37. The normalized spacial score (nSPS) is 10.8. The molecule has 31 heavy (non-hydrogen) atoms. The van der Waals surface area contributed by atoms with E-state index in [-0.39, 0.29) is 0 Å². The van der Waals surface area contributed by atoms with Gasteiger partial charge >= 0.3 is 0 Å². The highest BCUT2D eigenvalue weighted by atomic mass is 79.9. The first-order valence-electron chi connectivity index (χ1n) is 9.82. The molecule has 0 bridgehead atoms. The van der Waals surface area contributed by atoms with E-state index in [1.54, 1.807) is 7.11 Å². The van der Waals surface area contributed by atoms with Gasteiger partial charge in [0.05, 0.1) is 23.9 Å². The fourth-order valence-corrected chi connectivity index (χ4v) is 4.15. The first kappa shape index (κ1) is 20.9. The molecule has 4 rings (SSSR count). The lowest BCUT2D eigenvalue weighted by Gasteiger charge is -2.16. The van der Waals surface area contributed by atoms with Gasteiger partial charge in [0.2, 0.25) is 0 Å². The number of methoxy groups -OCH3 is 1. The van der Waals surface area contributed by atoms with Crippen LogP contribution in [0.15, 0.2) is 71.3 Å². The van der Waals surface area contributed by atoms with Crippen LogP contribution in [0, 0.1) is 6.92 Å². The van der Waals surface area contributed by atoms with Gasteiger partial charge in [-0.25, -0.2) is 0 Å². The number of nitrogens with one attached hydrogen (secondary N) is 1. The number of primary amides is 1. The minimum Gasteiger partial charge on any atom is -0.497 e. The maximum absolute atomic E-state index is 12.2. The van der Waals surface area contributed by atoms with Crippen molar-refractivity contribution in [2.45, 2.75) is 13.3 Å². The van der Waals surface area contributed by atoms with Crippen LogP contribution in [0.2, 0.25) is 0 Å². The second-order valence-electron chi connectivity index (χ2n) is 7.38. The summed E-state index contributed by atoms with van der Waals surface area (Å²) in [5, 5.41) is 4.22. The molecule has 0 fully saturated rings. The quantitative estimate of drug-likeness (QED) is 0.372. The van der Waals surface area contributed by atoms with Crippen molar-refractivity contribution in [2.75, 3.05) is 12.4 Å². The number of rotatable bonds is 6. The number of pyridine rings is 1. The van der Waals surface area contributed by atoms with Crippen LogP contribution >= 0.6 is 15.9 Å². The molecule has 6 heteroatoms. The topological polar surface area (TPSA) is 77.2 Å². The highest BCUT2D eigenvalue weighted by Gasteiger charge is 2.16. The van der Waals surface area contributed by atoms with Gasteiger partial charge in [0.1, 0.15) is 5.75 Å². The van der Waals surface area contributed by atoms with Crippen molar-refractivity contribution in [2.24, 2.45) is 5.73 Å². The predicted octanol–water partition coefficient (Wildman–Crippen LogP) is 5.75. The van der Waals surface area contributed by atoms with Gasteiger partial charge in [-0.2, -0.15) is 0 Å². The second-order valence-corrected chi connectivity index (χ2v) is 8.30. The van der Waals surface area contributed by atoms with E-state index < -0.39 is 5.91 Å². The van der Waals surface area contributed by atoms with Crippen LogP contribution in [0.4, 0.5) is 11.4 Å². The van der Waals surface area contributed by atoms with Crippen LogP contribution in [0.5, 0.6) is 5.75 Å². The lowest BCUT2D eigenvalue weighted by atomic mass is 9.98. The van der Waals surface area contributed by atoms with Gasteiger partial charge in [0.25, 0.3) is 5.91 Å². The molecule has 0 aliphatic carbocycles. The van der Waals surface area contributed by atoms with E-state index in [2.05, 4.69) is 50.5 Å². The lowest BCUT2D eigenvalue weighted by Crippen LogP contribution is -2.14. The molecule has 0 unspecified atom stereocenters. The Morgan fingerprint density at radius 1 is 1.10 bits per heavy atom. The van der Waals surface area contributed by atoms with E-state index in [1.165, 1.54) is 11.8 Å². The van der Waals surface area contributed by atoms with Crippen molar-refractivity contribution in [1.82, 2.24) is 4.98 Å². The Labute approximate surface area is 189 Å². The lowest BCUT2D eigenvalue weighted by molar-refractivity contribution is 0.100. The third-order valence-corrected chi connectivity index (χ3v) is 5.62. The number of aromatic nitrogens is 1. The first-order valence-corrected chi connectivity index (χ1v) is 10.6. The van der Waals surface area contributed by atoms with Gasteiger partial charge < -0.3 is 15.8 Å². The molecular formula is C25H22BrN3O2. The molecule has 1 heterocycles. The number of amides is 1. The second kappa shape index (κ2) is 8.78. The minimum absolute atomic E-state index is 0.342. The molecule has 0 aliphatic rings. The number of benzene rings is 3. The summed E-state index contributed by atoms with van der Waals surface area (Å²) >= 11 is 3.53. The van der Waals surface area contributed by atoms with Crippen LogP contribution in [-0.4, -0.2) is 18.0 Å². The van der Waals surface area contributed by atoms with Crippen molar-refractivity contribution >= 4 is 44.1 Å². The molecule has 5 nitrogen and oxygen atoms in total. The zero-order chi connectivity index (χ0) is 22.0. The summed E-state index contributed by atoms with van der Waals surface area (Å²) in [4.78, 5) is 16.7. The molecule has 1 aromatic heterocycles. The number of aryl methyl sites for hydroxylation is 1. The van der Waals surface area contributed by atoms with E-state index in [4.69, 9.17) is 10.5 Å². The van der Waals surface area contributed by atoms with Crippen LogP contribution in [0.3, 0.4) is 0 Å². The van der Waals surface area contributed by atoms with Crippen molar-refractivity contribution < 1.29 is 9.53 Å². The molecule has 1 amide bonds. The highest BCUT2D eigenvalue weighted by Crippen LogP contribution is 2.33. The number of ether oxygens (including phenoxy) is 1. The average molecular weight is 476 g/mol. The van der Waals surface area contributed by atoms with E-state index in [0.717, 1.165) is 44.4 Å². The predicted molar refractivity (Wildman–Crippen MR) is 128 cm³/mol. The van der Waals surface area contributed by atoms with E-state index >= 15 is 0 Å². The van der Waals surface area contributed by atoms with Crippen molar-refractivity contribution in [3.05, 3.63) is 93.6 Å². The Bertz CT molecular complexity index is 1290. The summed E-state index contributed by atoms with van der Waals surface area (Å²) in [6.45, 7) is 2.03. The van der Waals surface area contributed by atoms with E-state index in [0.29, 0.717) is 11.3 Å². The van der Waals surface area contributed by atoms with Crippen LogP contribution in [-0.2, 0) is 6.42 Å². The van der Waals surface area contributed by atoms with Gasteiger partial charge in [-0.3, -0.25) is 9.78 Å². The molecule has 0 aliphatic heterocycles. The number of nitrogens with two attached hydrogens (primary N) is 1. The van der Waals surface area contributed by atoms with Gasteiger partial charge in [0, 0.05) is 27.8 Å². The number of carbonyl (C=O) groups is 1. The molecule has 3 aromatic carbocycles. The molecular weight excluding hydrogens is 454 g/mol. The monoisotopic (exact) mass is 475 g/mol. The Kier molecular flexibility index (Phi) is 5.91. The number of halogens is 1. The molecule has 3 N–H and O–H groups in total. The van der Waals surface area contributed by atoms with Gasteiger partial charge in [-0.05, 0) is 60.4 Å². The molecule has 0 saturated carbocycles. The van der Waals surface area contributed by atoms with Gasteiger partial charge in [-0.1, -0.05) is 40.2 Å². The van der Waals surface area contributed by atoms with Gasteiger partial charge in [0.15, 0.2) is 0 Å². The maximum atomic E-state index is 12.2. The zero-order valence-corrected chi connectivity index (χ0v) is 18.9. The Morgan fingerprint density at radius 2 is 1.90 bits per heavy atom. The summed E-state index contributed by atoms with van der Waals surface area (Å²) in [6, 6.07) is 20.0. The molecule has 0 radical (unpaired) electrons. The number of hydrogen-bond acceptors (Lipinski definition) is 4. The van der Waals surface area contributed by atoms with E-state index in [1.807, 2.05) is 43.3 Å². The molecule has 156 valence electrons. The number of anilines is 2. The Morgan fingerprint density at radius 3 is 2.65 bits per heavy atom. The maximum Gasteiger partial charge on any atom is 0.252 e. The third-order valence-electron chi connectivity index (χ3n) is 5.12. The summed E-state index contributed by atoms with van der Waals surface area (Å²) in [5.74, 6) is 0.186. The third kappa shape index (κ3) is 4.54. The SMILES string of the molecule is COc1cccc(Nc2c(C(N)=O)cnc3c(C)cc(Cc4cccc(Br)c4)cc23)c1. The largest absolute Gasteiger partial charge is 0.497 e. The van der Waals surface area contributed by atoms with E-state index in [9.17, 15) is 4.79 Å². The minimum atomic E-state index is -0.533. The highest BCUT2D eigenvalue weighted by molar-refractivity contribution is 9.10. The average Bonchev–Trinajstić information content (AvgIpc) is 2.74.